The van der Waals surface area contributed by atoms with Crippen LogP contribution in [0.2, 0.25) is 0 Å². The molecule has 0 aromatic rings. The van der Waals surface area contributed by atoms with Crippen molar-refractivity contribution in [1.29, 1.82) is 0 Å². The minimum atomic E-state index is -1.14. The normalized spacial score (nSPS) is 27.7. The van der Waals surface area contributed by atoms with Gasteiger partial charge in [0.25, 0.3) is 0 Å². The number of carbonyl (C=O) groups is 1. The van der Waals surface area contributed by atoms with Crippen LogP contribution in [0.1, 0.15) is 40.0 Å². The number of aliphatic hydroxyl groups excluding tert-OH is 1. The summed E-state index contributed by atoms with van der Waals surface area (Å²) in [5, 5.41) is 20.3. The van der Waals surface area contributed by atoms with Crippen molar-refractivity contribution in [2.24, 2.45) is 0 Å². The second kappa shape index (κ2) is 3.77. The van der Waals surface area contributed by atoms with Crippen LogP contribution in [-0.4, -0.2) is 33.8 Å². The average molecular weight is 200 g/mol. The second-order valence-corrected chi connectivity index (χ2v) is 4.93. The second-order valence-electron chi connectivity index (χ2n) is 4.93. The summed E-state index contributed by atoms with van der Waals surface area (Å²) in [5.74, 6) is 0. The molecule has 1 amide bonds. The third-order valence-electron chi connectivity index (χ3n) is 2.66. The topological polar surface area (TPSA) is 63.6 Å². The van der Waals surface area contributed by atoms with Crippen molar-refractivity contribution in [2.45, 2.75) is 57.7 Å². The Balaban J connectivity index is 2.74. The highest BCUT2D eigenvalue weighted by Gasteiger charge is 2.33. The minimum Gasteiger partial charge on any atom is -0.530 e. The summed E-state index contributed by atoms with van der Waals surface area (Å²) in [6.07, 6.45) is 0.447. The van der Waals surface area contributed by atoms with Gasteiger partial charge in [0.05, 0.1) is 6.10 Å². The lowest BCUT2D eigenvalue weighted by Crippen LogP contribution is -2.55. The lowest BCUT2D eigenvalue weighted by Gasteiger charge is -2.42. The van der Waals surface area contributed by atoms with Crippen molar-refractivity contribution >= 4 is 6.09 Å². The molecule has 1 N–H and O–H groups in total. The van der Waals surface area contributed by atoms with Crippen LogP contribution in [-0.2, 0) is 0 Å². The van der Waals surface area contributed by atoms with Gasteiger partial charge in [0.2, 0.25) is 0 Å². The molecule has 0 aromatic heterocycles. The highest BCUT2D eigenvalue weighted by atomic mass is 16.4. The van der Waals surface area contributed by atoms with Gasteiger partial charge in [-0.3, -0.25) is 0 Å². The van der Waals surface area contributed by atoms with Crippen molar-refractivity contribution in [1.82, 2.24) is 4.90 Å². The summed E-state index contributed by atoms with van der Waals surface area (Å²) < 4.78 is 0. The molecule has 1 saturated carbocycles. The summed E-state index contributed by atoms with van der Waals surface area (Å²) >= 11 is 0. The third kappa shape index (κ3) is 2.38. The Morgan fingerprint density at radius 2 is 2.00 bits per heavy atom. The molecule has 1 aliphatic rings. The molecule has 0 aliphatic heterocycles. The summed E-state index contributed by atoms with van der Waals surface area (Å²) in [7, 11) is 0. The van der Waals surface area contributed by atoms with E-state index in [9.17, 15) is 15.0 Å². The van der Waals surface area contributed by atoms with E-state index < -0.39 is 11.6 Å². The molecule has 2 unspecified atom stereocenters. The number of carbonyl (C=O) groups excluding carboxylic acids is 1. The Bertz CT molecular complexity index is 222. The molecule has 1 aliphatic carbocycles. The standard InChI is InChI=1S/C10H19NO3/c1-10(2,3)11(9(13)14)7-4-5-8(12)6-7/h7-8,12H,4-6H2,1-3H3,(H,13,14)/p-1. The molecule has 4 heteroatoms. The zero-order valence-electron chi connectivity index (χ0n) is 8.99. The van der Waals surface area contributed by atoms with E-state index in [1.807, 2.05) is 20.8 Å². The fourth-order valence-corrected chi connectivity index (χ4v) is 2.14. The minimum absolute atomic E-state index is 0.0880. The van der Waals surface area contributed by atoms with Crippen molar-refractivity contribution in [3.63, 3.8) is 0 Å². The van der Waals surface area contributed by atoms with Gasteiger partial charge < -0.3 is 19.9 Å². The van der Waals surface area contributed by atoms with Crippen LogP contribution < -0.4 is 5.11 Å². The van der Waals surface area contributed by atoms with Gasteiger partial charge in [-0.05, 0) is 40.0 Å². The first-order valence-corrected chi connectivity index (χ1v) is 5.00. The molecule has 1 fully saturated rings. The molecule has 82 valence electrons. The first-order valence-electron chi connectivity index (χ1n) is 5.00. The lowest BCUT2D eigenvalue weighted by molar-refractivity contribution is -0.273. The smallest absolute Gasteiger partial charge is 0.137 e. The Kier molecular flexibility index (Phi) is 3.04. The Morgan fingerprint density at radius 3 is 2.29 bits per heavy atom. The molecular weight excluding hydrogens is 182 g/mol. The van der Waals surface area contributed by atoms with Crippen molar-refractivity contribution in [2.75, 3.05) is 0 Å². The molecular formula is C10H18NO3-. The van der Waals surface area contributed by atoms with Crippen LogP contribution in [0.25, 0.3) is 0 Å². The maximum absolute atomic E-state index is 11.0. The van der Waals surface area contributed by atoms with Gasteiger partial charge >= 0.3 is 0 Å². The largest absolute Gasteiger partial charge is 0.530 e. The predicted octanol–water partition coefficient (Wildman–Crippen LogP) is 0.344. The Morgan fingerprint density at radius 1 is 1.43 bits per heavy atom. The van der Waals surface area contributed by atoms with Gasteiger partial charge in [-0.1, -0.05) is 0 Å². The number of aliphatic hydroxyl groups is 1. The number of hydrogen-bond donors (Lipinski definition) is 1. The Hall–Kier alpha value is -0.770. The van der Waals surface area contributed by atoms with E-state index in [0.717, 1.165) is 6.42 Å². The fraction of sp³-hybridized carbons (Fsp3) is 0.900. The summed E-state index contributed by atoms with van der Waals surface area (Å²) in [5.41, 5.74) is -0.451. The maximum atomic E-state index is 11.0. The first-order chi connectivity index (χ1) is 6.32. The molecule has 1 rings (SSSR count). The van der Waals surface area contributed by atoms with Gasteiger partial charge in [-0.25, -0.2) is 0 Å². The predicted molar refractivity (Wildman–Crippen MR) is 50.6 cm³/mol. The van der Waals surface area contributed by atoms with Gasteiger partial charge in [-0.15, -0.1) is 0 Å². The molecule has 0 saturated heterocycles. The first kappa shape index (κ1) is 11.3. The van der Waals surface area contributed by atoms with Crippen molar-refractivity contribution in [3.8, 4) is 0 Å². The molecule has 4 nitrogen and oxygen atoms in total. The van der Waals surface area contributed by atoms with E-state index >= 15 is 0 Å². The van der Waals surface area contributed by atoms with Gasteiger partial charge in [0.1, 0.15) is 6.09 Å². The van der Waals surface area contributed by atoms with Gasteiger partial charge in [0.15, 0.2) is 0 Å². The van der Waals surface area contributed by atoms with Crippen LogP contribution >= 0.6 is 0 Å². The van der Waals surface area contributed by atoms with Crippen LogP contribution in [0.4, 0.5) is 4.79 Å². The monoisotopic (exact) mass is 200 g/mol. The van der Waals surface area contributed by atoms with E-state index in [1.165, 1.54) is 4.90 Å². The van der Waals surface area contributed by atoms with Crippen molar-refractivity contribution < 1.29 is 15.0 Å². The van der Waals surface area contributed by atoms with Crippen LogP contribution in [0.5, 0.6) is 0 Å². The Labute approximate surface area is 84.5 Å². The zero-order chi connectivity index (χ0) is 10.9. The summed E-state index contributed by atoms with van der Waals surface area (Å²) in [6, 6.07) is -0.0880. The number of carboxylic acid groups (broad SMARTS) is 1. The van der Waals surface area contributed by atoms with Crippen molar-refractivity contribution in [3.05, 3.63) is 0 Å². The molecule has 0 aromatic carbocycles. The number of hydrogen-bond acceptors (Lipinski definition) is 3. The van der Waals surface area contributed by atoms with Gasteiger partial charge in [0, 0.05) is 11.6 Å². The highest BCUT2D eigenvalue weighted by Crippen LogP contribution is 2.28. The number of nitrogens with zero attached hydrogens (tertiary/aromatic N) is 1. The SMILES string of the molecule is CC(C)(C)N(C(=O)[O-])C1CCC(O)C1. The molecule has 0 spiro atoms. The van der Waals surface area contributed by atoms with Crippen LogP contribution in [0.15, 0.2) is 0 Å². The zero-order valence-corrected chi connectivity index (χ0v) is 8.99. The highest BCUT2D eigenvalue weighted by molar-refractivity contribution is 5.64. The third-order valence-corrected chi connectivity index (χ3v) is 2.66. The van der Waals surface area contributed by atoms with E-state index in [1.54, 1.807) is 0 Å². The average Bonchev–Trinajstić information content (AvgIpc) is 2.31. The molecule has 0 radical (unpaired) electrons. The fourth-order valence-electron chi connectivity index (χ4n) is 2.14. The quantitative estimate of drug-likeness (QED) is 0.664. The molecule has 0 bridgehead atoms. The summed E-state index contributed by atoms with van der Waals surface area (Å²) in [6.45, 7) is 5.52. The van der Waals surface area contributed by atoms with E-state index in [2.05, 4.69) is 0 Å². The number of amides is 1. The van der Waals surface area contributed by atoms with Crippen LogP contribution in [0.3, 0.4) is 0 Å². The van der Waals surface area contributed by atoms with E-state index in [-0.39, 0.29) is 12.1 Å². The van der Waals surface area contributed by atoms with E-state index in [0.29, 0.717) is 12.8 Å². The number of rotatable bonds is 1. The van der Waals surface area contributed by atoms with E-state index in [4.69, 9.17) is 0 Å². The lowest BCUT2D eigenvalue weighted by atomic mass is 10.0. The van der Waals surface area contributed by atoms with Gasteiger partial charge in [-0.2, -0.15) is 0 Å². The summed E-state index contributed by atoms with van der Waals surface area (Å²) in [4.78, 5) is 12.3. The molecule has 14 heavy (non-hydrogen) atoms. The molecule has 2 atom stereocenters. The molecule has 0 heterocycles. The maximum Gasteiger partial charge on any atom is 0.137 e. The van der Waals surface area contributed by atoms with Crippen LogP contribution in [0, 0.1) is 0 Å².